The molecule has 364 valence electrons. The fraction of sp³-hybridized carbons (Fsp3) is 0.942. The number of aliphatic hydroxyl groups excluding tert-OH is 1. The van der Waals surface area contributed by atoms with Crippen LogP contribution in [-0.4, -0.2) is 73.4 Å². The van der Waals surface area contributed by atoms with E-state index >= 15 is 0 Å². The highest BCUT2D eigenvalue weighted by molar-refractivity contribution is 7.47. The van der Waals surface area contributed by atoms with Crippen molar-refractivity contribution in [2.45, 2.75) is 276 Å². The predicted molar refractivity (Wildman–Crippen MR) is 263 cm³/mol. The molecule has 0 aliphatic heterocycles. The number of amides is 1. The summed E-state index contributed by atoms with van der Waals surface area (Å²) in [6.45, 7) is 4.78. The van der Waals surface area contributed by atoms with Crippen molar-refractivity contribution < 1.29 is 32.9 Å². The maximum Gasteiger partial charge on any atom is 0.472 e. The lowest BCUT2D eigenvalue weighted by atomic mass is 10.0. The van der Waals surface area contributed by atoms with Gasteiger partial charge in [0.1, 0.15) is 13.2 Å². The molecule has 0 heterocycles. The van der Waals surface area contributed by atoms with E-state index in [1.807, 2.05) is 27.2 Å². The van der Waals surface area contributed by atoms with Crippen LogP contribution >= 0.6 is 7.82 Å². The van der Waals surface area contributed by atoms with E-state index < -0.39 is 20.0 Å². The van der Waals surface area contributed by atoms with Gasteiger partial charge >= 0.3 is 7.82 Å². The Hall–Kier alpha value is -0.760. The number of allylic oxidation sites excluding steroid dienone is 1. The van der Waals surface area contributed by atoms with Gasteiger partial charge < -0.3 is 19.8 Å². The van der Waals surface area contributed by atoms with Gasteiger partial charge in [-0.05, 0) is 19.3 Å². The molecule has 61 heavy (non-hydrogen) atoms. The number of nitrogens with zero attached hydrogens (tertiary/aromatic N) is 1. The number of carbonyl (C=O) groups is 1. The summed E-state index contributed by atoms with van der Waals surface area (Å²) in [5, 5.41) is 13.7. The third-order valence-corrected chi connectivity index (χ3v) is 13.2. The second-order valence-electron chi connectivity index (χ2n) is 19.6. The molecule has 3 atom stereocenters. The molecule has 3 N–H and O–H groups in total. The van der Waals surface area contributed by atoms with Gasteiger partial charge in [0.25, 0.3) is 0 Å². The zero-order chi connectivity index (χ0) is 45.0. The highest BCUT2D eigenvalue weighted by Crippen LogP contribution is 2.43. The van der Waals surface area contributed by atoms with Gasteiger partial charge in [0.2, 0.25) is 5.91 Å². The first kappa shape index (κ1) is 60.2. The quantitative estimate of drug-likeness (QED) is 0.0243. The number of likely N-dealkylation sites (N-methyl/N-ethyl adjacent to an activating group) is 1. The topological polar surface area (TPSA) is 105 Å². The standard InChI is InChI=1S/C52H105N2O6P/c1-6-8-10-12-14-15-16-17-18-19-20-21-22-23-24-25-26-27-28-29-30-31-32-33-34-35-36-37-38-40-42-44-46-52(56)53-50(51(55)45-43-41-39-13-11-9-7-2)49-60-61(57,58)59-48-47-54(3,4)5/h43,45,50-51,55H,6-42,44,46-49H2,1-5H3,(H-,53,56,57,58)/p+1/b45-43+. The monoisotopic (exact) mass is 886 g/mol. The van der Waals surface area contributed by atoms with Gasteiger partial charge in [0.05, 0.1) is 39.9 Å². The number of nitrogens with one attached hydrogen (secondary N) is 1. The predicted octanol–water partition coefficient (Wildman–Crippen LogP) is 15.5. The molecule has 0 saturated carbocycles. The van der Waals surface area contributed by atoms with Gasteiger partial charge in [-0.2, -0.15) is 0 Å². The van der Waals surface area contributed by atoms with Crippen molar-refractivity contribution in [3.8, 4) is 0 Å². The molecule has 0 aromatic rings. The fourth-order valence-corrected chi connectivity index (χ4v) is 8.78. The molecular weight excluding hydrogens is 780 g/mol. The molecule has 0 aliphatic carbocycles. The third kappa shape index (κ3) is 47.0. The maximum absolute atomic E-state index is 12.8. The van der Waals surface area contributed by atoms with Crippen LogP contribution in [0.5, 0.6) is 0 Å². The molecular formula is C52H106N2O6P+. The van der Waals surface area contributed by atoms with E-state index in [2.05, 4.69) is 19.2 Å². The Bertz CT molecular complexity index is 1000. The second-order valence-corrected chi connectivity index (χ2v) is 21.1. The summed E-state index contributed by atoms with van der Waals surface area (Å²) in [7, 11) is 1.58. The van der Waals surface area contributed by atoms with Crippen LogP contribution in [0.25, 0.3) is 0 Å². The van der Waals surface area contributed by atoms with Crippen molar-refractivity contribution in [2.75, 3.05) is 40.9 Å². The van der Waals surface area contributed by atoms with Crippen LogP contribution in [0.3, 0.4) is 0 Å². The minimum atomic E-state index is -4.32. The van der Waals surface area contributed by atoms with E-state index in [0.717, 1.165) is 38.5 Å². The van der Waals surface area contributed by atoms with Gasteiger partial charge in [-0.25, -0.2) is 4.57 Å². The SMILES string of the molecule is CCCCCCC/C=C/C(O)C(COP(=O)(O)OCC[N+](C)(C)C)NC(=O)CCCCCCCCCCCCCCCCCCCCCCCCCCCCCCCCCC. The third-order valence-electron chi connectivity index (χ3n) is 12.3. The van der Waals surface area contributed by atoms with E-state index in [1.54, 1.807) is 6.08 Å². The minimum absolute atomic E-state index is 0.0640. The number of hydrogen-bond donors (Lipinski definition) is 3. The number of unbranched alkanes of at least 4 members (excludes halogenated alkanes) is 36. The Morgan fingerprint density at radius 2 is 0.869 bits per heavy atom. The Kier molecular flexibility index (Phi) is 43.9. The minimum Gasteiger partial charge on any atom is -0.387 e. The number of aliphatic hydroxyl groups is 1. The van der Waals surface area contributed by atoms with Crippen LogP contribution in [0, 0.1) is 0 Å². The average molecular weight is 886 g/mol. The number of carbonyl (C=O) groups excluding carboxylic acids is 1. The molecule has 0 aliphatic rings. The van der Waals surface area contributed by atoms with Crippen LogP contribution < -0.4 is 5.32 Å². The molecule has 1 amide bonds. The van der Waals surface area contributed by atoms with Crippen molar-refractivity contribution in [2.24, 2.45) is 0 Å². The lowest BCUT2D eigenvalue weighted by Gasteiger charge is -2.25. The van der Waals surface area contributed by atoms with Crippen molar-refractivity contribution in [1.29, 1.82) is 0 Å². The molecule has 0 aromatic carbocycles. The molecule has 0 bridgehead atoms. The van der Waals surface area contributed by atoms with Crippen molar-refractivity contribution in [1.82, 2.24) is 5.32 Å². The summed E-state index contributed by atoms with van der Waals surface area (Å²) in [6, 6.07) is -0.838. The molecule has 0 rings (SSSR count). The van der Waals surface area contributed by atoms with Crippen molar-refractivity contribution >= 4 is 13.7 Å². The first-order valence-electron chi connectivity index (χ1n) is 26.6. The summed E-state index contributed by atoms with van der Waals surface area (Å²) >= 11 is 0. The van der Waals surface area contributed by atoms with Crippen LogP contribution in [0.2, 0.25) is 0 Å². The Labute approximate surface area is 380 Å². The molecule has 0 spiro atoms. The largest absolute Gasteiger partial charge is 0.472 e. The van der Waals surface area contributed by atoms with Gasteiger partial charge in [0.15, 0.2) is 0 Å². The molecule has 0 fully saturated rings. The fourth-order valence-electron chi connectivity index (χ4n) is 8.04. The van der Waals surface area contributed by atoms with E-state index in [9.17, 15) is 19.4 Å². The number of rotatable bonds is 49. The molecule has 8 nitrogen and oxygen atoms in total. The Morgan fingerprint density at radius 1 is 0.541 bits per heavy atom. The van der Waals surface area contributed by atoms with Gasteiger partial charge in [-0.3, -0.25) is 13.8 Å². The van der Waals surface area contributed by atoms with E-state index in [4.69, 9.17) is 9.05 Å². The summed E-state index contributed by atoms with van der Waals surface area (Å²) in [5.74, 6) is -0.176. The molecule has 0 aromatic heterocycles. The molecule has 3 unspecified atom stereocenters. The summed E-state index contributed by atoms with van der Waals surface area (Å²) in [4.78, 5) is 23.1. The van der Waals surface area contributed by atoms with Gasteiger partial charge in [-0.15, -0.1) is 0 Å². The molecule has 9 heteroatoms. The summed E-state index contributed by atoms with van der Waals surface area (Å²) in [6.07, 6.45) is 53.5. The normalized spacial score (nSPS) is 14.1. The van der Waals surface area contributed by atoms with Crippen LogP contribution in [0.15, 0.2) is 12.2 Å². The average Bonchev–Trinajstić information content (AvgIpc) is 3.21. The number of phosphoric acid groups is 1. The lowest BCUT2D eigenvalue weighted by molar-refractivity contribution is -0.870. The molecule has 0 radical (unpaired) electrons. The summed E-state index contributed by atoms with van der Waals surface area (Å²) < 4.78 is 23.5. The van der Waals surface area contributed by atoms with Gasteiger partial charge in [-0.1, -0.05) is 251 Å². The second kappa shape index (κ2) is 44.4. The van der Waals surface area contributed by atoms with Crippen LogP contribution in [-0.2, 0) is 18.4 Å². The highest BCUT2D eigenvalue weighted by Gasteiger charge is 2.27. The number of hydrogen-bond acceptors (Lipinski definition) is 5. The zero-order valence-corrected chi connectivity index (χ0v) is 42.3. The van der Waals surface area contributed by atoms with E-state index in [0.29, 0.717) is 17.4 Å². The van der Waals surface area contributed by atoms with Crippen molar-refractivity contribution in [3.63, 3.8) is 0 Å². The number of quaternary nitrogens is 1. The highest BCUT2D eigenvalue weighted by atomic mass is 31.2. The van der Waals surface area contributed by atoms with Crippen molar-refractivity contribution in [3.05, 3.63) is 12.2 Å². The Balaban J connectivity index is 3.83. The van der Waals surface area contributed by atoms with Gasteiger partial charge in [0, 0.05) is 6.42 Å². The Morgan fingerprint density at radius 3 is 1.21 bits per heavy atom. The van der Waals surface area contributed by atoms with Crippen LogP contribution in [0.4, 0.5) is 0 Å². The zero-order valence-electron chi connectivity index (χ0n) is 41.4. The maximum atomic E-state index is 12.8. The first-order valence-corrected chi connectivity index (χ1v) is 28.1. The van der Waals surface area contributed by atoms with E-state index in [-0.39, 0.29) is 19.1 Å². The molecule has 0 saturated heterocycles. The summed E-state index contributed by atoms with van der Waals surface area (Å²) in [5.41, 5.74) is 0. The lowest BCUT2D eigenvalue weighted by Crippen LogP contribution is -2.45. The first-order chi connectivity index (χ1) is 29.5. The number of phosphoric ester groups is 1. The van der Waals surface area contributed by atoms with E-state index in [1.165, 1.54) is 205 Å². The van der Waals surface area contributed by atoms with Crippen LogP contribution in [0.1, 0.15) is 264 Å². The smallest absolute Gasteiger partial charge is 0.387 e.